The number of ether oxygens (including phenoxy) is 1. The molecule has 9 heteroatoms. The molecule has 2 saturated heterocycles. The van der Waals surface area contributed by atoms with Crippen molar-refractivity contribution in [3.63, 3.8) is 0 Å². The van der Waals surface area contributed by atoms with E-state index in [1.54, 1.807) is 11.3 Å². The van der Waals surface area contributed by atoms with Crippen molar-refractivity contribution in [2.24, 2.45) is 29.6 Å². The molecular formula is C35H41N3O5S. The first-order valence-electron chi connectivity index (χ1n) is 15.8. The second-order valence-electron chi connectivity index (χ2n) is 12.9. The molecule has 3 fully saturated rings. The highest BCUT2D eigenvalue weighted by atomic mass is 32.1. The smallest absolute Gasteiger partial charge is 0.307 e. The van der Waals surface area contributed by atoms with Gasteiger partial charge in [0.15, 0.2) is 10.9 Å². The SMILES string of the molecule is Cc1ccc(OCc2ccc(C(=O)C(C)C3CCCNC(=O)C3)cc2C)c(-c2csc(N3CC4CCC(C3)C4C(=O)O)n2)c1. The highest BCUT2D eigenvalue weighted by molar-refractivity contribution is 7.14. The van der Waals surface area contributed by atoms with E-state index >= 15 is 0 Å². The van der Waals surface area contributed by atoms with Gasteiger partial charge in [-0.15, -0.1) is 11.3 Å². The average molecular weight is 616 g/mol. The number of carboxylic acid groups (broad SMARTS) is 1. The van der Waals surface area contributed by atoms with E-state index in [1.807, 2.05) is 44.2 Å². The summed E-state index contributed by atoms with van der Waals surface area (Å²) < 4.78 is 6.38. The number of piperidine rings is 1. The third kappa shape index (κ3) is 6.25. The number of anilines is 1. The summed E-state index contributed by atoms with van der Waals surface area (Å²) in [4.78, 5) is 44.4. The Labute approximate surface area is 262 Å². The molecule has 44 heavy (non-hydrogen) atoms. The molecule has 2 bridgehead atoms. The first-order valence-corrected chi connectivity index (χ1v) is 16.6. The van der Waals surface area contributed by atoms with Crippen LogP contribution in [0.25, 0.3) is 11.3 Å². The Morgan fingerprint density at radius 3 is 2.61 bits per heavy atom. The summed E-state index contributed by atoms with van der Waals surface area (Å²) in [7, 11) is 0. The number of Topliss-reactive ketones (excluding diaryl/α,β-unsaturated/α-hetero) is 1. The molecule has 0 radical (unpaired) electrons. The summed E-state index contributed by atoms with van der Waals surface area (Å²) in [6.45, 7) is 8.53. The lowest BCUT2D eigenvalue weighted by Gasteiger charge is -2.35. The molecule has 1 aromatic heterocycles. The molecule has 3 aromatic rings. The fraction of sp³-hybridized carbons (Fsp3) is 0.486. The van der Waals surface area contributed by atoms with E-state index in [0.717, 1.165) is 77.6 Å². The number of amides is 1. The van der Waals surface area contributed by atoms with Gasteiger partial charge in [-0.2, -0.15) is 0 Å². The number of carbonyl (C=O) groups excluding carboxylic acids is 2. The Morgan fingerprint density at radius 1 is 1.11 bits per heavy atom. The monoisotopic (exact) mass is 615 g/mol. The van der Waals surface area contributed by atoms with Crippen molar-refractivity contribution < 1.29 is 24.2 Å². The maximum absolute atomic E-state index is 13.3. The molecular weight excluding hydrogens is 574 g/mol. The van der Waals surface area contributed by atoms with Crippen LogP contribution in [0, 0.1) is 43.4 Å². The fourth-order valence-electron chi connectivity index (χ4n) is 7.36. The van der Waals surface area contributed by atoms with Crippen LogP contribution in [0.5, 0.6) is 5.75 Å². The summed E-state index contributed by atoms with van der Waals surface area (Å²) >= 11 is 1.60. The quantitative estimate of drug-likeness (QED) is 0.273. The normalized spacial score (nSPS) is 24.0. The van der Waals surface area contributed by atoms with Crippen molar-refractivity contribution in [1.82, 2.24) is 10.3 Å². The number of aryl methyl sites for hydroxylation is 2. The number of fused-ring (bicyclic) bond motifs is 2. The second-order valence-corrected chi connectivity index (χ2v) is 13.8. The van der Waals surface area contributed by atoms with Crippen LogP contribution < -0.4 is 15.0 Å². The van der Waals surface area contributed by atoms with Gasteiger partial charge in [-0.1, -0.05) is 30.7 Å². The van der Waals surface area contributed by atoms with E-state index in [9.17, 15) is 19.5 Å². The number of nitrogens with zero attached hydrogens (tertiary/aromatic N) is 2. The van der Waals surface area contributed by atoms with Crippen LogP contribution >= 0.6 is 11.3 Å². The van der Waals surface area contributed by atoms with Crippen LogP contribution in [-0.2, 0) is 16.2 Å². The van der Waals surface area contributed by atoms with E-state index in [4.69, 9.17) is 9.72 Å². The van der Waals surface area contributed by atoms with Gasteiger partial charge in [0.05, 0.1) is 11.6 Å². The molecule has 1 aliphatic carbocycles. The molecule has 6 rings (SSSR count). The van der Waals surface area contributed by atoms with Crippen LogP contribution in [0.4, 0.5) is 5.13 Å². The maximum Gasteiger partial charge on any atom is 0.307 e. The number of carbonyl (C=O) groups is 3. The highest BCUT2D eigenvalue weighted by Gasteiger charge is 2.46. The fourth-order valence-corrected chi connectivity index (χ4v) is 8.21. The van der Waals surface area contributed by atoms with Crippen molar-refractivity contribution in [3.05, 3.63) is 64.0 Å². The third-order valence-corrected chi connectivity index (χ3v) is 10.8. The number of nitrogens with one attached hydrogen (secondary N) is 1. The predicted molar refractivity (Wildman–Crippen MR) is 171 cm³/mol. The molecule has 4 atom stereocenters. The Balaban J connectivity index is 1.14. The number of rotatable bonds is 9. The molecule has 232 valence electrons. The zero-order valence-electron chi connectivity index (χ0n) is 25.7. The predicted octanol–water partition coefficient (Wildman–Crippen LogP) is 6.29. The van der Waals surface area contributed by atoms with Crippen molar-refractivity contribution >= 4 is 34.1 Å². The maximum atomic E-state index is 13.3. The Hall–Kier alpha value is -3.72. The van der Waals surface area contributed by atoms with Gasteiger partial charge in [0, 0.05) is 48.5 Å². The van der Waals surface area contributed by atoms with Crippen molar-refractivity contribution in [2.45, 2.75) is 59.5 Å². The summed E-state index contributed by atoms with van der Waals surface area (Å²) in [5.41, 5.74) is 5.57. The number of hydrogen-bond acceptors (Lipinski definition) is 7. The standard InChI is InChI=1S/C35H41N3O5S/c1-20-6-11-30(28(13-20)29-19-44-35(37-29)38-16-25-8-9-26(17-38)32(25)34(41)42)43-18-27-10-7-24(14-21(27)2)33(40)22(3)23-5-4-12-36-31(39)15-23/h6-7,10-11,13-14,19,22-23,25-26,32H,4-5,8-9,12,15-18H2,1-3H3,(H,36,39)(H,41,42). The lowest BCUT2D eigenvalue weighted by Crippen LogP contribution is -2.44. The molecule has 2 aliphatic heterocycles. The summed E-state index contributed by atoms with van der Waals surface area (Å²) in [5, 5.41) is 15.6. The van der Waals surface area contributed by atoms with Crippen LogP contribution in [0.15, 0.2) is 41.8 Å². The Morgan fingerprint density at radius 2 is 1.89 bits per heavy atom. The van der Waals surface area contributed by atoms with E-state index in [0.29, 0.717) is 25.1 Å². The second kappa shape index (κ2) is 12.7. The van der Waals surface area contributed by atoms with Gasteiger partial charge in [0.25, 0.3) is 0 Å². The molecule has 1 amide bonds. The minimum atomic E-state index is -0.658. The number of carboxylic acids is 1. The van der Waals surface area contributed by atoms with Gasteiger partial charge < -0.3 is 20.1 Å². The molecule has 3 aliphatic rings. The molecule has 2 N–H and O–H groups in total. The van der Waals surface area contributed by atoms with Crippen molar-refractivity contribution in [2.75, 3.05) is 24.5 Å². The molecule has 8 nitrogen and oxygen atoms in total. The summed E-state index contributed by atoms with van der Waals surface area (Å²) in [6.07, 6.45) is 4.12. The largest absolute Gasteiger partial charge is 0.488 e. The van der Waals surface area contributed by atoms with E-state index in [1.165, 1.54) is 0 Å². The van der Waals surface area contributed by atoms with Gasteiger partial charge >= 0.3 is 5.97 Å². The minimum Gasteiger partial charge on any atom is -0.488 e. The minimum absolute atomic E-state index is 0.0347. The summed E-state index contributed by atoms with van der Waals surface area (Å²) in [6, 6.07) is 11.9. The van der Waals surface area contributed by atoms with Crippen LogP contribution in [0.1, 0.15) is 66.1 Å². The zero-order valence-corrected chi connectivity index (χ0v) is 26.5. The number of benzene rings is 2. The number of thiazole rings is 1. The Kier molecular flexibility index (Phi) is 8.76. The lowest BCUT2D eigenvalue weighted by molar-refractivity contribution is -0.144. The van der Waals surface area contributed by atoms with Crippen LogP contribution in [-0.4, -0.2) is 47.4 Å². The van der Waals surface area contributed by atoms with E-state index in [2.05, 4.69) is 28.6 Å². The number of aromatic nitrogens is 1. The number of aliphatic carboxylic acids is 1. The zero-order chi connectivity index (χ0) is 31.0. The number of ketones is 1. The van der Waals surface area contributed by atoms with Crippen LogP contribution in [0.3, 0.4) is 0 Å². The molecule has 0 spiro atoms. The van der Waals surface area contributed by atoms with Crippen molar-refractivity contribution in [1.29, 1.82) is 0 Å². The molecule has 3 heterocycles. The van der Waals surface area contributed by atoms with Crippen molar-refractivity contribution in [3.8, 4) is 17.0 Å². The molecule has 2 aromatic carbocycles. The highest BCUT2D eigenvalue weighted by Crippen LogP contribution is 2.44. The van der Waals surface area contributed by atoms with Gasteiger partial charge in [-0.05, 0) is 86.6 Å². The first-order chi connectivity index (χ1) is 21.2. The summed E-state index contributed by atoms with van der Waals surface area (Å²) in [5.74, 6) is 0.195. The molecule has 4 unspecified atom stereocenters. The van der Waals surface area contributed by atoms with Gasteiger partial charge in [0.2, 0.25) is 5.91 Å². The van der Waals surface area contributed by atoms with Crippen LogP contribution in [0.2, 0.25) is 0 Å². The van der Waals surface area contributed by atoms with Gasteiger partial charge in [-0.25, -0.2) is 4.98 Å². The topological polar surface area (TPSA) is 109 Å². The molecule has 1 saturated carbocycles. The average Bonchev–Trinajstić information content (AvgIpc) is 3.52. The third-order valence-electron chi connectivity index (χ3n) is 9.94. The Bertz CT molecular complexity index is 1550. The van der Waals surface area contributed by atoms with E-state index < -0.39 is 5.97 Å². The lowest BCUT2D eigenvalue weighted by atomic mass is 9.82. The first kappa shape index (κ1) is 30.3. The van der Waals surface area contributed by atoms with Gasteiger partial charge in [0.1, 0.15) is 12.4 Å². The van der Waals surface area contributed by atoms with Gasteiger partial charge in [-0.3, -0.25) is 14.4 Å². The van der Waals surface area contributed by atoms with E-state index in [-0.39, 0.29) is 41.3 Å². The number of hydrogen-bond donors (Lipinski definition) is 2.